The Labute approximate surface area is 54.4 Å². The molecular weight excluding hydrogens is 123 g/mol. The summed E-state index contributed by atoms with van der Waals surface area (Å²) in [6.45, 7) is 1.64. The summed E-state index contributed by atoms with van der Waals surface area (Å²) in [6.07, 6.45) is 0. The lowest BCUT2D eigenvalue weighted by molar-refractivity contribution is -0.163. The molecule has 0 atom stereocenters. The molecule has 0 amide bonds. The van der Waals surface area contributed by atoms with Crippen molar-refractivity contribution in [1.29, 1.82) is 0 Å². The van der Waals surface area contributed by atoms with E-state index in [1.54, 1.807) is 6.92 Å². The number of carbonyl (C=O) groups excluding carboxylic acids is 1. The van der Waals surface area contributed by atoms with Gasteiger partial charge in [-0.2, -0.15) is 0 Å². The molecular formula is C4H6BO4. The molecule has 0 aliphatic heterocycles. The van der Waals surface area contributed by atoms with Crippen molar-refractivity contribution in [1.82, 2.24) is 0 Å². The van der Waals surface area contributed by atoms with Crippen LogP contribution in [0.5, 0.6) is 0 Å². The van der Waals surface area contributed by atoms with E-state index in [1.165, 1.54) is 0 Å². The number of ether oxygens (including phenoxy) is 1. The summed E-state index contributed by atoms with van der Waals surface area (Å²) >= 11 is 0. The Kier molecular flexibility index (Phi) is 6.23. The van der Waals surface area contributed by atoms with Crippen LogP contribution >= 0.6 is 0 Å². The normalized spacial score (nSPS) is 7.22. The summed E-state index contributed by atoms with van der Waals surface area (Å²) in [5.74, 6) is -2.75. The first-order valence-corrected chi connectivity index (χ1v) is 2.08. The Morgan fingerprint density at radius 3 is 2.11 bits per heavy atom. The molecule has 0 bridgehead atoms. The first-order chi connectivity index (χ1) is 3.68. The third-order valence-corrected chi connectivity index (χ3v) is 0.450. The molecule has 9 heavy (non-hydrogen) atoms. The predicted molar refractivity (Wildman–Crippen MR) is 30.0 cm³/mol. The summed E-state index contributed by atoms with van der Waals surface area (Å²) in [5.41, 5.74) is 0. The zero-order chi connectivity index (χ0) is 6.57. The molecule has 49 valence electrons. The predicted octanol–water partition coefficient (Wildman–Crippen LogP) is -0.747. The molecule has 0 aromatic heterocycles. The standard InChI is InChI=1S/C4H6O4.B/c1-2-8-4(7)3(5)6;/h2H2,1H3,(H,5,6);. The Hall–Kier alpha value is -0.995. The first kappa shape index (κ1) is 10.9. The molecule has 5 heteroatoms. The van der Waals surface area contributed by atoms with Gasteiger partial charge in [-0.25, -0.2) is 9.59 Å². The highest BCUT2D eigenvalue weighted by atomic mass is 16.6. The van der Waals surface area contributed by atoms with Crippen LogP contribution in [-0.2, 0) is 14.3 Å². The first-order valence-electron chi connectivity index (χ1n) is 2.08. The monoisotopic (exact) mass is 129 g/mol. The lowest BCUT2D eigenvalue weighted by Crippen LogP contribution is -2.15. The minimum absolute atomic E-state index is 0. The van der Waals surface area contributed by atoms with Crippen LogP contribution in [0.1, 0.15) is 6.92 Å². The maximum absolute atomic E-state index is 9.92. The molecule has 0 heterocycles. The van der Waals surface area contributed by atoms with E-state index in [4.69, 9.17) is 5.11 Å². The SMILES string of the molecule is CCOC(=O)C(=O)O.[B]. The van der Waals surface area contributed by atoms with Crippen LogP contribution in [0.4, 0.5) is 0 Å². The molecule has 4 nitrogen and oxygen atoms in total. The smallest absolute Gasteiger partial charge is 0.417 e. The fourth-order valence-electron chi connectivity index (χ4n) is 0.193. The van der Waals surface area contributed by atoms with Crippen LogP contribution in [-0.4, -0.2) is 32.1 Å². The second-order valence-corrected chi connectivity index (χ2v) is 1.03. The number of hydrogen-bond donors (Lipinski definition) is 1. The summed E-state index contributed by atoms with van der Waals surface area (Å²) in [6, 6.07) is 0. The largest absolute Gasteiger partial charge is 0.473 e. The van der Waals surface area contributed by atoms with E-state index in [2.05, 4.69) is 4.74 Å². The van der Waals surface area contributed by atoms with Gasteiger partial charge in [0.05, 0.1) is 6.61 Å². The van der Waals surface area contributed by atoms with Crippen LogP contribution in [0.25, 0.3) is 0 Å². The summed E-state index contributed by atoms with van der Waals surface area (Å²) in [5, 5.41) is 7.84. The molecule has 0 spiro atoms. The zero-order valence-corrected chi connectivity index (χ0v) is 4.96. The molecule has 0 rings (SSSR count). The van der Waals surface area contributed by atoms with Gasteiger partial charge in [-0.1, -0.05) is 0 Å². The summed E-state index contributed by atoms with van der Waals surface area (Å²) < 4.78 is 4.06. The van der Waals surface area contributed by atoms with Gasteiger partial charge in [-0.15, -0.1) is 0 Å². The molecule has 0 aliphatic rings. The van der Waals surface area contributed by atoms with Gasteiger partial charge in [0.25, 0.3) is 0 Å². The van der Waals surface area contributed by atoms with Crippen LogP contribution < -0.4 is 0 Å². The molecule has 0 saturated heterocycles. The summed E-state index contributed by atoms with van der Waals surface area (Å²) in [7, 11) is 0. The molecule has 0 aromatic carbocycles. The molecule has 0 fully saturated rings. The van der Waals surface area contributed by atoms with Crippen LogP contribution in [0.15, 0.2) is 0 Å². The fourth-order valence-corrected chi connectivity index (χ4v) is 0.193. The minimum atomic E-state index is -1.55. The van der Waals surface area contributed by atoms with E-state index in [1.807, 2.05) is 0 Å². The number of carbonyl (C=O) groups is 2. The van der Waals surface area contributed by atoms with E-state index in [-0.39, 0.29) is 15.0 Å². The fraction of sp³-hybridized carbons (Fsp3) is 0.500. The average Bonchev–Trinajstić information content (AvgIpc) is 1.67. The third-order valence-electron chi connectivity index (χ3n) is 0.450. The average molecular weight is 129 g/mol. The van der Waals surface area contributed by atoms with Crippen molar-refractivity contribution in [2.24, 2.45) is 0 Å². The van der Waals surface area contributed by atoms with E-state index >= 15 is 0 Å². The number of carboxylic acids is 1. The van der Waals surface area contributed by atoms with Gasteiger partial charge in [0, 0.05) is 8.41 Å². The lowest BCUT2D eigenvalue weighted by atomic mass is 10.7. The Bertz CT molecular complexity index is 111. The zero-order valence-electron chi connectivity index (χ0n) is 4.96. The minimum Gasteiger partial charge on any atom is -0.473 e. The van der Waals surface area contributed by atoms with Crippen LogP contribution in [0.3, 0.4) is 0 Å². The third kappa shape index (κ3) is 4.87. The van der Waals surface area contributed by atoms with Gasteiger partial charge in [0.2, 0.25) is 0 Å². The highest BCUT2D eigenvalue weighted by molar-refractivity contribution is 6.28. The van der Waals surface area contributed by atoms with Gasteiger partial charge >= 0.3 is 11.9 Å². The number of hydrogen-bond acceptors (Lipinski definition) is 3. The molecule has 3 radical (unpaired) electrons. The summed E-state index contributed by atoms with van der Waals surface area (Å²) in [4.78, 5) is 19.5. The number of esters is 1. The maximum Gasteiger partial charge on any atom is 0.417 e. The second-order valence-electron chi connectivity index (χ2n) is 1.03. The maximum atomic E-state index is 9.92. The molecule has 1 N–H and O–H groups in total. The van der Waals surface area contributed by atoms with Crippen molar-refractivity contribution < 1.29 is 19.4 Å². The van der Waals surface area contributed by atoms with Gasteiger partial charge in [-0.05, 0) is 6.92 Å². The van der Waals surface area contributed by atoms with Gasteiger partial charge in [0.15, 0.2) is 0 Å². The van der Waals surface area contributed by atoms with Crippen molar-refractivity contribution in [2.75, 3.05) is 6.61 Å². The van der Waals surface area contributed by atoms with Gasteiger partial charge in [-0.3, -0.25) is 0 Å². The van der Waals surface area contributed by atoms with Crippen LogP contribution in [0, 0.1) is 0 Å². The molecule has 0 unspecified atom stereocenters. The Morgan fingerprint density at radius 2 is 2.00 bits per heavy atom. The second kappa shape index (κ2) is 5.15. The van der Waals surface area contributed by atoms with Crippen LogP contribution in [0.2, 0.25) is 0 Å². The van der Waals surface area contributed by atoms with Gasteiger partial charge < -0.3 is 9.84 Å². The van der Waals surface area contributed by atoms with E-state index in [0.29, 0.717) is 0 Å². The highest BCUT2D eigenvalue weighted by Gasteiger charge is 2.09. The van der Waals surface area contributed by atoms with Crippen molar-refractivity contribution in [3.05, 3.63) is 0 Å². The molecule has 0 aromatic rings. The quantitative estimate of drug-likeness (QED) is 0.287. The number of rotatable bonds is 1. The van der Waals surface area contributed by atoms with Crippen molar-refractivity contribution in [3.8, 4) is 0 Å². The lowest BCUT2D eigenvalue weighted by Gasteiger charge is -1.91. The van der Waals surface area contributed by atoms with E-state index in [9.17, 15) is 9.59 Å². The van der Waals surface area contributed by atoms with Crippen molar-refractivity contribution >= 4 is 20.4 Å². The Balaban J connectivity index is 0. The van der Waals surface area contributed by atoms with Gasteiger partial charge in [0.1, 0.15) is 0 Å². The molecule has 0 aliphatic carbocycles. The van der Waals surface area contributed by atoms with E-state index in [0.717, 1.165) is 0 Å². The highest BCUT2D eigenvalue weighted by Crippen LogP contribution is 1.74. The number of carboxylic acid groups (broad SMARTS) is 1. The van der Waals surface area contributed by atoms with E-state index < -0.39 is 11.9 Å². The Morgan fingerprint density at radius 1 is 1.56 bits per heavy atom. The topological polar surface area (TPSA) is 63.6 Å². The van der Waals surface area contributed by atoms with Crippen molar-refractivity contribution in [3.63, 3.8) is 0 Å². The molecule has 0 saturated carbocycles. The number of aliphatic carboxylic acids is 1. The van der Waals surface area contributed by atoms with Crippen molar-refractivity contribution in [2.45, 2.75) is 6.92 Å².